The first kappa shape index (κ1) is 12.3. The number of hydrogen-bond donors (Lipinski definition) is 2. The molecule has 0 unspecified atom stereocenters. The van der Waals surface area contributed by atoms with E-state index in [1.165, 1.54) is 6.07 Å². The van der Waals surface area contributed by atoms with Crippen molar-refractivity contribution in [1.82, 2.24) is 15.5 Å². The van der Waals surface area contributed by atoms with Gasteiger partial charge in [-0.1, -0.05) is 0 Å². The van der Waals surface area contributed by atoms with Crippen LogP contribution in [0.4, 0.5) is 8.78 Å². The number of aromatic nitrogens is 2. The van der Waals surface area contributed by atoms with E-state index >= 15 is 0 Å². The Bertz CT molecular complexity index is 574. The van der Waals surface area contributed by atoms with E-state index in [0.29, 0.717) is 11.6 Å². The second-order valence-corrected chi connectivity index (χ2v) is 4.86. The number of nitrogens with zero attached hydrogens (tertiary/aromatic N) is 1. The Kier molecular flexibility index (Phi) is 3.29. The lowest BCUT2D eigenvalue weighted by molar-refractivity contribution is 0.453. The first-order valence-electron chi connectivity index (χ1n) is 6.45. The second kappa shape index (κ2) is 5.09. The van der Waals surface area contributed by atoms with Crippen LogP contribution in [-0.2, 0) is 0 Å². The normalized spacial score (nSPS) is 16.7. The number of aromatic amines is 1. The Balaban J connectivity index is 1.89. The zero-order valence-electron chi connectivity index (χ0n) is 10.4. The van der Waals surface area contributed by atoms with E-state index in [9.17, 15) is 8.78 Å². The highest BCUT2D eigenvalue weighted by Gasteiger charge is 2.18. The van der Waals surface area contributed by atoms with Crippen molar-refractivity contribution in [3.8, 4) is 11.3 Å². The maximum absolute atomic E-state index is 13.7. The Morgan fingerprint density at radius 3 is 2.68 bits per heavy atom. The van der Waals surface area contributed by atoms with Crippen molar-refractivity contribution in [2.75, 3.05) is 13.1 Å². The summed E-state index contributed by atoms with van der Waals surface area (Å²) in [5.74, 6) is -0.494. The van der Waals surface area contributed by atoms with E-state index in [4.69, 9.17) is 0 Å². The van der Waals surface area contributed by atoms with Gasteiger partial charge >= 0.3 is 0 Å². The monoisotopic (exact) mass is 263 g/mol. The largest absolute Gasteiger partial charge is 0.317 e. The molecular weight excluding hydrogens is 248 g/mol. The van der Waals surface area contributed by atoms with Gasteiger partial charge in [-0.3, -0.25) is 5.10 Å². The van der Waals surface area contributed by atoms with E-state index in [1.54, 1.807) is 0 Å². The molecule has 2 aromatic rings. The SMILES string of the molecule is Fc1ccc(F)c(-c2cc(C3CCNCC3)[nH]n2)c1. The number of H-pyrrole nitrogens is 1. The first-order valence-corrected chi connectivity index (χ1v) is 6.45. The molecular formula is C14H15F2N3. The van der Waals surface area contributed by atoms with Gasteiger partial charge < -0.3 is 5.32 Å². The third-order valence-electron chi connectivity index (χ3n) is 3.58. The molecule has 100 valence electrons. The van der Waals surface area contributed by atoms with Crippen molar-refractivity contribution in [1.29, 1.82) is 0 Å². The van der Waals surface area contributed by atoms with Crippen LogP contribution in [0.25, 0.3) is 11.3 Å². The maximum Gasteiger partial charge on any atom is 0.132 e. The minimum Gasteiger partial charge on any atom is -0.317 e. The summed E-state index contributed by atoms with van der Waals surface area (Å²) in [6.07, 6.45) is 2.07. The van der Waals surface area contributed by atoms with Crippen molar-refractivity contribution < 1.29 is 8.78 Å². The van der Waals surface area contributed by atoms with Crippen LogP contribution < -0.4 is 5.32 Å². The Hall–Kier alpha value is -1.75. The van der Waals surface area contributed by atoms with Crippen LogP contribution >= 0.6 is 0 Å². The highest BCUT2D eigenvalue weighted by atomic mass is 19.1. The molecule has 1 fully saturated rings. The van der Waals surface area contributed by atoms with Gasteiger partial charge in [-0.2, -0.15) is 5.10 Å². The van der Waals surface area contributed by atoms with Crippen molar-refractivity contribution in [3.63, 3.8) is 0 Å². The summed E-state index contributed by atoms with van der Waals surface area (Å²) in [7, 11) is 0. The summed E-state index contributed by atoms with van der Waals surface area (Å²) in [4.78, 5) is 0. The smallest absolute Gasteiger partial charge is 0.132 e. The molecule has 0 amide bonds. The minimum absolute atomic E-state index is 0.205. The standard InChI is InChI=1S/C14H15F2N3/c15-10-1-2-12(16)11(7-10)14-8-13(18-19-14)9-3-5-17-6-4-9/h1-2,7-9,17H,3-6H2,(H,18,19). The molecule has 1 saturated heterocycles. The van der Waals surface area contributed by atoms with E-state index < -0.39 is 11.6 Å². The van der Waals surface area contributed by atoms with Crippen LogP contribution in [-0.4, -0.2) is 23.3 Å². The van der Waals surface area contributed by atoms with Crippen molar-refractivity contribution >= 4 is 0 Å². The first-order chi connectivity index (χ1) is 9.24. The van der Waals surface area contributed by atoms with Crippen molar-refractivity contribution in [3.05, 3.63) is 41.6 Å². The summed E-state index contributed by atoms with van der Waals surface area (Å²) in [5, 5.41) is 10.4. The van der Waals surface area contributed by atoms with E-state index in [0.717, 1.165) is 43.8 Å². The van der Waals surface area contributed by atoms with Crippen LogP contribution in [0.15, 0.2) is 24.3 Å². The minimum atomic E-state index is -0.456. The lowest BCUT2D eigenvalue weighted by atomic mass is 9.94. The summed E-state index contributed by atoms with van der Waals surface area (Å²) in [5.41, 5.74) is 1.67. The van der Waals surface area contributed by atoms with E-state index in [2.05, 4.69) is 15.5 Å². The van der Waals surface area contributed by atoms with Crippen LogP contribution in [0.1, 0.15) is 24.5 Å². The molecule has 3 nitrogen and oxygen atoms in total. The summed E-state index contributed by atoms with van der Waals surface area (Å²) < 4.78 is 26.9. The molecule has 3 rings (SSSR count). The van der Waals surface area contributed by atoms with Crippen molar-refractivity contribution in [2.45, 2.75) is 18.8 Å². The summed E-state index contributed by atoms with van der Waals surface area (Å²) in [6.45, 7) is 1.96. The number of benzene rings is 1. The number of piperidine rings is 1. The third kappa shape index (κ3) is 2.51. The van der Waals surface area contributed by atoms with Crippen LogP contribution in [0.2, 0.25) is 0 Å². The van der Waals surface area contributed by atoms with Gasteiger partial charge in [-0.25, -0.2) is 8.78 Å². The summed E-state index contributed by atoms with van der Waals surface area (Å²) >= 11 is 0. The van der Waals surface area contributed by atoms with Gasteiger partial charge in [0.05, 0.1) is 5.69 Å². The molecule has 1 aromatic carbocycles. The van der Waals surface area contributed by atoms with E-state index in [-0.39, 0.29) is 5.56 Å². The highest BCUT2D eigenvalue weighted by molar-refractivity contribution is 5.60. The number of hydrogen-bond acceptors (Lipinski definition) is 2. The molecule has 0 spiro atoms. The van der Waals surface area contributed by atoms with Gasteiger partial charge in [0.2, 0.25) is 0 Å². The van der Waals surface area contributed by atoms with Crippen LogP contribution in [0.5, 0.6) is 0 Å². The van der Waals surface area contributed by atoms with Crippen molar-refractivity contribution in [2.24, 2.45) is 0 Å². The van der Waals surface area contributed by atoms with Gasteiger partial charge in [0.1, 0.15) is 11.6 Å². The van der Waals surface area contributed by atoms with Gasteiger partial charge in [0, 0.05) is 17.2 Å². The fourth-order valence-electron chi connectivity index (χ4n) is 2.51. The Morgan fingerprint density at radius 1 is 1.11 bits per heavy atom. The Morgan fingerprint density at radius 2 is 1.89 bits per heavy atom. The van der Waals surface area contributed by atoms with Crippen LogP contribution in [0, 0.1) is 11.6 Å². The third-order valence-corrected chi connectivity index (χ3v) is 3.58. The van der Waals surface area contributed by atoms with Crippen LogP contribution in [0.3, 0.4) is 0 Å². The predicted molar refractivity (Wildman–Crippen MR) is 68.8 cm³/mol. The van der Waals surface area contributed by atoms with Gasteiger partial charge in [0.25, 0.3) is 0 Å². The molecule has 0 bridgehead atoms. The van der Waals surface area contributed by atoms with Gasteiger partial charge in [-0.05, 0) is 50.2 Å². The molecule has 1 aromatic heterocycles. The highest BCUT2D eigenvalue weighted by Crippen LogP contribution is 2.28. The zero-order chi connectivity index (χ0) is 13.2. The molecule has 1 aliphatic rings. The molecule has 5 heteroatoms. The molecule has 0 radical (unpaired) electrons. The molecule has 2 heterocycles. The molecule has 0 saturated carbocycles. The average molecular weight is 263 g/mol. The molecule has 2 N–H and O–H groups in total. The average Bonchev–Trinajstić information content (AvgIpc) is 2.92. The molecule has 19 heavy (non-hydrogen) atoms. The Labute approximate surface area is 110 Å². The lowest BCUT2D eigenvalue weighted by Crippen LogP contribution is -2.26. The van der Waals surface area contributed by atoms with E-state index in [1.807, 2.05) is 6.07 Å². The molecule has 1 aliphatic heterocycles. The second-order valence-electron chi connectivity index (χ2n) is 4.86. The zero-order valence-corrected chi connectivity index (χ0v) is 10.4. The number of halogens is 2. The fraction of sp³-hybridized carbons (Fsp3) is 0.357. The fourth-order valence-corrected chi connectivity index (χ4v) is 2.51. The number of nitrogens with one attached hydrogen (secondary N) is 2. The lowest BCUT2D eigenvalue weighted by Gasteiger charge is -2.20. The topological polar surface area (TPSA) is 40.7 Å². The number of rotatable bonds is 2. The van der Waals surface area contributed by atoms with Gasteiger partial charge in [-0.15, -0.1) is 0 Å². The quantitative estimate of drug-likeness (QED) is 0.874. The van der Waals surface area contributed by atoms with Gasteiger partial charge in [0.15, 0.2) is 0 Å². The maximum atomic E-state index is 13.7. The molecule has 0 aliphatic carbocycles. The summed E-state index contributed by atoms with van der Waals surface area (Å²) in [6, 6.07) is 5.24. The molecule has 0 atom stereocenters. The predicted octanol–water partition coefficient (Wildman–Crippen LogP) is 2.82.